The van der Waals surface area contributed by atoms with E-state index in [0.29, 0.717) is 12.2 Å². The van der Waals surface area contributed by atoms with Crippen LogP contribution in [0.25, 0.3) is 0 Å². The number of nitrogens with one attached hydrogen (secondary N) is 1. The Morgan fingerprint density at radius 3 is 2.80 bits per heavy atom. The third-order valence-corrected chi connectivity index (χ3v) is 2.57. The minimum Gasteiger partial charge on any atom is -0.385 e. The lowest BCUT2D eigenvalue weighted by atomic mass is 10.2. The van der Waals surface area contributed by atoms with E-state index in [-0.39, 0.29) is 0 Å². The molecule has 2 atom stereocenters. The van der Waals surface area contributed by atoms with Crippen molar-refractivity contribution in [2.75, 3.05) is 40.5 Å². The fourth-order valence-corrected chi connectivity index (χ4v) is 1.80. The van der Waals surface area contributed by atoms with Crippen LogP contribution in [0, 0.1) is 0 Å². The molecule has 1 aliphatic heterocycles. The first-order valence-electron chi connectivity index (χ1n) is 5.73. The summed E-state index contributed by atoms with van der Waals surface area (Å²) >= 11 is 0. The van der Waals surface area contributed by atoms with Gasteiger partial charge >= 0.3 is 0 Å². The average Bonchev–Trinajstić information content (AvgIpc) is 2.66. The molecular formula is C11H23NO3. The fourth-order valence-electron chi connectivity index (χ4n) is 1.80. The highest BCUT2D eigenvalue weighted by Gasteiger charge is 2.24. The molecule has 4 heteroatoms. The van der Waals surface area contributed by atoms with Crippen LogP contribution in [-0.4, -0.2) is 52.7 Å². The highest BCUT2D eigenvalue weighted by Crippen LogP contribution is 2.19. The van der Waals surface area contributed by atoms with Crippen LogP contribution in [0.2, 0.25) is 0 Å². The lowest BCUT2D eigenvalue weighted by Gasteiger charge is -2.13. The van der Waals surface area contributed by atoms with Gasteiger partial charge in [-0.05, 0) is 26.3 Å². The fraction of sp³-hybridized carbons (Fsp3) is 1.00. The molecule has 1 saturated heterocycles. The van der Waals surface area contributed by atoms with Gasteiger partial charge in [-0.3, -0.25) is 0 Å². The predicted molar refractivity (Wildman–Crippen MR) is 59.1 cm³/mol. The summed E-state index contributed by atoms with van der Waals surface area (Å²) in [6, 6.07) is 0. The quantitative estimate of drug-likeness (QED) is 0.611. The molecule has 15 heavy (non-hydrogen) atoms. The van der Waals surface area contributed by atoms with E-state index in [4.69, 9.17) is 14.2 Å². The van der Waals surface area contributed by atoms with Gasteiger partial charge in [0.2, 0.25) is 0 Å². The first-order valence-corrected chi connectivity index (χ1v) is 5.73. The molecule has 0 aromatic rings. The van der Waals surface area contributed by atoms with Crippen LogP contribution in [0.5, 0.6) is 0 Å². The smallest absolute Gasteiger partial charge is 0.0813 e. The molecule has 2 unspecified atom stereocenters. The first kappa shape index (κ1) is 12.9. The van der Waals surface area contributed by atoms with E-state index < -0.39 is 0 Å². The van der Waals surface area contributed by atoms with Crippen LogP contribution >= 0.6 is 0 Å². The number of hydrogen-bond acceptors (Lipinski definition) is 4. The van der Waals surface area contributed by atoms with Crippen molar-refractivity contribution in [1.82, 2.24) is 5.32 Å². The predicted octanol–water partition coefficient (Wildman–Crippen LogP) is 0.806. The number of methoxy groups -OCH3 is 1. The average molecular weight is 217 g/mol. The Kier molecular flexibility index (Phi) is 6.92. The standard InChI is InChI=1S/C11H23NO3/c1-12-8-10-4-5-11(15-10)9-14-7-3-6-13-2/h10-12H,3-9H2,1-2H3. The molecule has 0 aromatic carbocycles. The van der Waals surface area contributed by atoms with E-state index in [1.807, 2.05) is 7.05 Å². The Morgan fingerprint density at radius 1 is 1.27 bits per heavy atom. The summed E-state index contributed by atoms with van der Waals surface area (Å²) in [5, 5.41) is 3.13. The second-order valence-electron chi connectivity index (χ2n) is 3.94. The van der Waals surface area contributed by atoms with Gasteiger partial charge in [-0.25, -0.2) is 0 Å². The number of ether oxygens (including phenoxy) is 3. The van der Waals surface area contributed by atoms with E-state index in [2.05, 4.69) is 5.32 Å². The maximum Gasteiger partial charge on any atom is 0.0813 e. The Bertz CT molecular complexity index is 155. The molecule has 0 radical (unpaired) electrons. The molecule has 4 nitrogen and oxygen atoms in total. The van der Waals surface area contributed by atoms with Crippen molar-refractivity contribution < 1.29 is 14.2 Å². The van der Waals surface area contributed by atoms with E-state index in [0.717, 1.165) is 45.6 Å². The van der Waals surface area contributed by atoms with Gasteiger partial charge < -0.3 is 19.5 Å². The molecule has 0 saturated carbocycles. The maximum absolute atomic E-state index is 5.79. The van der Waals surface area contributed by atoms with Crippen molar-refractivity contribution in [3.05, 3.63) is 0 Å². The second kappa shape index (κ2) is 8.05. The van der Waals surface area contributed by atoms with E-state index >= 15 is 0 Å². The van der Waals surface area contributed by atoms with Crippen molar-refractivity contribution in [3.8, 4) is 0 Å². The molecule has 1 N–H and O–H groups in total. The largest absolute Gasteiger partial charge is 0.385 e. The molecule has 1 fully saturated rings. The van der Waals surface area contributed by atoms with Crippen molar-refractivity contribution in [1.29, 1.82) is 0 Å². The zero-order valence-electron chi connectivity index (χ0n) is 9.83. The molecule has 0 aromatic heterocycles. The van der Waals surface area contributed by atoms with Crippen LogP contribution < -0.4 is 5.32 Å². The Morgan fingerprint density at radius 2 is 2.07 bits per heavy atom. The van der Waals surface area contributed by atoms with Gasteiger partial charge in [-0.1, -0.05) is 0 Å². The lowest BCUT2D eigenvalue weighted by molar-refractivity contribution is -0.0168. The Balaban J connectivity index is 1.94. The maximum atomic E-state index is 5.79. The molecule has 0 amide bonds. The van der Waals surface area contributed by atoms with Crippen molar-refractivity contribution >= 4 is 0 Å². The summed E-state index contributed by atoms with van der Waals surface area (Å²) in [7, 11) is 3.67. The normalized spacial score (nSPS) is 26.0. The van der Waals surface area contributed by atoms with Gasteiger partial charge in [-0.15, -0.1) is 0 Å². The molecule has 0 aliphatic carbocycles. The Hall–Kier alpha value is -0.160. The summed E-state index contributed by atoms with van der Waals surface area (Å²) in [6.45, 7) is 3.21. The molecule has 90 valence electrons. The lowest BCUT2D eigenvalue weighted by Crippen LogP contribution is -2.25. The molecule has 1 rings (SSSR count). The zero-order chi connectivity index (χ0) is 10.9. The van der Waals surface area contributed by atoms with Gasteiger partial charge in [-0.2, -0.15) is 0 Å². The SMILES string of the molecule is CNCC1CCC(COCCCOC)O1. The summed E-state index contributed by atoms with van der Waals surface area (Å²) < 4.78 is 16.3. The summed E-state index contributed by atoms with van der Waals surface area (Å²) in [4.78, 5) is 0. The van der Waals surface area contributed by atoms with Crippen LogP contribution in [0.15, 0.2) is 0 Å². The van der Waals surface area contributed by atoms with E-state index in [1.165, 1.54) is 0 Å². The van der Waals surface area contributed by atoms with Crippen molar-refractivity contribution in [2.24, 2.45) is 0 Å². The van der Waals surface area contributed by atoms with Gasteiger partial charge in [0.25, 0.3) is 0 Å². The molecule has 0 bridgehead atoms. The monoisotopic (exact) mass is 217 g/mol. The molecule has 0 spiro atoms. The Labute approximate surface area is 92.3 Å². The zero-order valence-corrected chi connectivity index (χ0v) is 9.83. The van der Waals surface area contributed by atoms with Gasteiger partial charge in [0.15, 0.2) is 0 Å². The van der Waals surface area contributed by atoms with Gasteiger partial charge in [0.1, 0.15) is 0 Å². The highest BCUT2D eigenvalue weighted by molar-refractivity contribution is 4.74. The summed E-state index contributed by atoms with van der Waals surface area (Å²) in [6.07, 6.45) is 3.90. The van der Waals surface area contributed by atoms with Crippen LogP contribution in [0.3, 0.4) is 0 Å². The number of rotatable bonds is 8. The molecule has 1 aliphatic rings. The minimum absolute atomic E-state index is 0.297. The number of likely N-dealkylation sites (N-methyl/N-ethyl adjacent to an activating group) is 1. The first-order chi connectivity index (χ1) is 7.36. The van der Waals surface area contributed by atoms with Crippen LogP contribution in [-0.2, 0) is 14.2 Å². The van der Waals surface area contributed by atoms with Gasteiger partial charge in [0.05, 0.1) is 18.8 Å². The van der Waals surface area contributed by atoms with Crippen LogP contribution in [0.4, 0.5) is 0 Å². The van der Waals surface area contributed by atoms with Gasteiger partial charge in [0, 0.05) is 26.9 Å². The highest BCUT2D eigenvalue weighted by atomic mass is 16.5. The minimum atomic E-state index is 0.297. The second-order valence-corrected chi connectivity index (χ2v) is 3.94. The van der Waals surface area contributed by atoms with Crippen molar-refractivity contribution in [2.45, 2.75) is 31.5 Å². The van der Waals surface area contributed by atoms with E-state index in [9.17, 15) is 0 Å². The third-order valence-electron chi connectivity index (χ3n) is 2.57. The topological polar surface area (TPSA) is 39.7 Å². The molecule has 1 heterocycles. The van der Waals surface area contributed by atoms with Crippen molar-refractivity contribution in [3.63, 3.8) is 0 Å². The third kappa shape index (κ3) is 5.47. The summed E-state index contributed by atoms with van der Waals surface area (Å²) in [5.41, 5.74) is 0. The summed E-state index contributed by atoms with van der Waals surface area (Å²) in [5.74, 6) is 0. The molecular weight excluding hydrogens is 194 g/mol. The van der Waals surface area contributed by atoms with Crippen LogP contribution in [0.1, 0.15) is 19.3 Å². The van der Waals surface area contributed by atoms with E-state index in [1.54, 1.807) is 7.11 Å². The number of hydrogen-bond donors (Lipinski definition) is 1.